The van der Waals surface area contributed by atoms with Gasteiger partial charge in [0.2, 0.25) is 0 Å². The van der Waals surface area contributed by atoms with Crippen molar-refractivity contribution in [2.45, 2.75) is 68.3 Å². The minimum Gasteiger partial charge on any atom is -0.379 e. The zero-order valence-electron chi connectivity index (χ0n) is 22.3. The number of hydrogen-bond donors (Lipinski definition) is 1. The molecule has 1 N–H and O–H groups in total. The summed E-state index contributed by atoms with van der Waals surface area (Å²) in [6, 6.07) is 4.62. The summed E-state index contributed by atoms with van der Waals surface area (Å²) in [5.41, 5.74) is 1.85. The van der Waals surface area contributed by atoms with Crippen LogP contribution in [0.4, 0.5) is 0 Å². The summed E-state index contributed by atoms with van der Waals surface area (Å²) < 4.78 is 20.5. The monoisotopic (exact) mass is 531 g/mol. The van der Waals surface area contributed by atoms with E-state index < -0.39 is 5.79 Å². The van der Waals surface area contributed by atoms with Crippen molar-refractivity contribution in [1.29, 1.82) is 0 Å². The van der Waals surface area contributed by atoms with Crippen LogP contribution in [0.3, 0.4) is 0 Å². The smallest absolute Gasteiger partial charge is 0.160 e. The van der Waals surface area contributed by atoms with Gasteiger partial charge in [0.15, 0.2) is 5.79 Å². The predicted octanol–water partition coefficient (Wildman–Crippen LogP) is 2.99. The third-order valence-corrected chi connectivity index (χ3v) is 8.55. The molecule has 9 nitrogen and oxygen atoms in total. The molecule has 2 aromatic heterocycles. The molecule has 3 aliphatic heterocycles. The van der Waals surface area contributed by atoms with E-state index in [9.17, 15) is 5.11 Å². The van der Waals surface area contributed by atoms with E-state index in [0.717, 1.165) is 68.6 Å². The second-order valence-electron chi connectivity index (χ2n) is 10.8. The molecule has 0 radical (unpaired) electrons. The maximum absolute atomic E-state index is 10.6. The number of nitrogens with zero attached hydrogens (tertiary/aromatic N) is 5. The Balaban J connectivity index is 1.35. The molecule has 2 aromatic rings. The van der Waals surface area contributed by atoms with Crippen molar-refractivity contribution < 1.29 is 19.3 Å². The normalized spacial score (nSPS) is 29.9. The van der Waals surface area contributed by atoms with Crippen LogP contribution in [0.2, 0.25) is 0 Å². The van der Waals surface area contributed by atoms with Crippen molar-refractivity contribution in [3.05, 3.63) is 36.8 Å². The fourth-order valence-corrected chi connectivity index (χ4v) is 6.60. The van der Waals surface area contributed by atoms with Crippen LogP contribution in [0.1, 0.15) is 44.9 Å². The van der Waals surface area contributed by atoms with E-state index in [1.54, 1.807) is 31.9 Å². The molecular weight excluding hydrogens is 490 g/mol. The van der Waals surface area contributed by atoms with E-state index in [4.69, 9.17) is 14.2 Å². The minimum absolute atomic E-state index is 0.0654. The fourth-order valence-electron chi connectivity index (χ4n) is 6.09. The van der Waals surface area contributed by atoms with Crippen molar-refractivity contribution >= 4 is 17.3 Å². The van der Waals surface area contributed by atoms with Crippen LogP contribution < -0.4 is 0 Å². The maximum Gasteiger partial charge on any atom is 0.160 e. The highest BCUT2D eigenvalue weighted by molar-refractivity contribution is 7.98. The Morgan fingerprint density at radius 2 is 2.08 bits per heavy atom. The lowest BCUT2D eigenvalue weighted by atomic mass is 9.94. The molecule has 204 valence electrons. The van der Waals surface area contributed by atoms with Gasteiger partial charge in [-0.05, 0) is 64.6 Å². The Kier molecular flexibility index (Phi) is 8.55. The third-order valence-electron chi connectivity index (χ3n) is 7.85. The highest BCUT2D eigenvalue weighted by atomic mass is 32.2. The average molecular weight is 532 g/mol. The van der Waals surface area contributed by atoms with Crippen molar-refractivity contribution in [3.8, 4) is 0 Å². The summed E-state index contributed by atoms with van der Waals surface area (Å²) in [5, 5.41) is 16.1. The van der Waals surface area contributed by atoms with Gasteiger partial charge in [-0.1, -0.05) is 6.08 Å². The predicted molar refractivity (Wildman–Crippen MR) is 144 cm³/mol. The maximum atomic E-state index is 10.6. The Morgan fingerprint density at radius 1 is 1.27 bits per heavy atom. The van der Waals surface area contributed by atoms with Crippen LogP contribution in [0.15, 0.2) is 36.1 Å². The van der Waals surface area contributed by atoms with Crippen LogP contribution in [0.5, 0.6) is 0 Å². The molecule has 5 heterocycles. The quantitative estimate of drug-likeness (QED) is 0.283. The van der Waals surface area contributed by atoms with Gasteiger partial charge in [-0.3, -0.25) is 9.80 Å². The van der Waals surface area contributed by atoms with Gasteiger partial charge >= 0.3 is 0 Å². The SMILES string of the molecule is C=C[C@H]1[C@@H](OC(C)(C)O)[C@H](c2ccc3c(SC)ncnn23)O[C@@H]1CN1CCC[C@H]1CCN1CCOCC1. The van der Waals surface area contributed by atoms with E-state index in [1.165, 1.54) is 12.8 Å². The number of fused-ring (bicyclic) bond motifs is 1. The lowest BCUT2D eigenvalue weighted by molar-refractivity contribution is -0.219. The van der Waals surface area contributed by atoms with Gasteiger partial charge in [0.1, 0.15) is 23.6 Å². The molecule has 0 aromatic carbocycles. The van der Waals surface area contributed by atoms with E-state index in [1.807, 2.05) is 29.0 Å². The first-order valence-electron chi connectivity index (χ1n) is 13.5. The first-order valence-corrected chi connectivity index (χ1v) is 14.7. The minimum atomic E-state index is -1.30. The van der Waals surface area contributed by atoms with Crippen LogP contribution >= 0.6 is 11.8 Å². The Morgan fingerprint density at radius 3 is 2.81 bits per heavy atom. The largest absolute Gasteiger partial charge is 0.379 e. The topological polar surface area (TPSA) is 84.6 Å². The Bertz CT molecular complexity index is 1050. The average Bonchev–Trinajstić information content (AvgIpc) is 3.59. The Labute approximate surface area is 224 Å². The molecule has 0 unspecified atom stereocenters. The molecule has 5 atom stereocenters. The molecule has 0 saturated carbocycles. The molecule has 3 saturated heterocycles. The van der Waals surface area contributed by atoms with Gasteiger partial charge in [-0.25, -0.2) is 9.50 Å². The summed E-state index contributed by atoms with van der Waals surface area (Å²) in [6.07, 6.45) is 8.26. The number of aromatic nitrogens is 3. The Hall–Kier alpha value is -1.53. The molecule has 0 bridgehead atoms. The number of thioether (sulfide) groups is 1. The van der Waals surface area contributed by atoms with Gasteiger partial charge in [0, 0.05) is 31.6 Å². The van der Waals surface area contributed by atoms with Crippen LogP contribution in [-0.2, 0) is 14.2 Å². The molecule has 3 fully saturated rings. The van der Waals surface area contributed by atoms with E-state index in [0.29, 0.717) is 6.04 Å². The van der Waals surface area contributed by atoms with E-state index in [2.05, 4.69) is 26.5 Å². The zero-order chi connectivity index (χ0) is 26.0. The van der Waals surface area contributed by atoms with Crippen LogP contribution in [0, 0.1) is 5.92 Å². The van der Waals surface area contributed by atoms with Crippen molar-refractivity contribution in [3.63, 3.8) is 0 Å². The molecule has 3 aliphatic rings. The second-order valence-corrected chi connectivity index (χ2v) is 11.6. The number of ether oxygens (including phenoxy) is 3. The summed E-state index contributed by atoms with van der Waals surface area (Å²) in [7, 11) is 0. The highest BCUT2D eigenvalue weighted by Gasteiger charge is 2.48. The number of likely N-dealkylation sites (tertiary alicyclic amines) is 1. The molecule has 37 heavy (non-hydrogen) atoms. The van der Waals surface area contributed by atoms with Gasteiger partial charge in [0.05, 0.1) is 30.5 Å². The lowest BCUT2D eigenvalue weighted by Crippen LogP contribution is -2.43. The van der Waals surface area contributed by atoms with Gasteiger partial charge in [0.25, 0.3) is 0 Å². The van der Waals surface area contributed by atoms with Gasteiger partial charge in [-0.15, -0.1) is 18.3 Å². The standard InChI is InChI=1S/C27H41N5O4S/c1-5-20-23(17-31-11-6-7-19(31)10-12-30-13-15-34-16-14-30)35-25(24(20)36-27(2,3)33)21-8-9-22-26(37-4)28-18-29-32(21)22/h5,8-9,18-20,23-25,33H,1,6-7,10-17H2,2-4H3/t19-,20+,23+,24+,25-/m0/s1. The van der Waals surface area contributed by atoms with Crippen molar-refractivity contribution in [1.82, 2.24) is 24.4 Å². The number of morpholine rings is 1. The number of hydrogen-bond acceptors (Lipinski definition) is 9. The number of aliphatic hydroxyl groups is 1. The molecule has 0 aliphatic carbocycles. The molecule has 10 heteroatoms. The molecule has 0 spiro atoms. The lowest BCUT2D eigenvalue weighted by Gasteiger charge is -2.32. The number of rotatable bonds is 10. The zero-order valence-corrected chi connectivity index (χ0v) is 23.1. The van der Waals surface area contributed by atoms with Crippen LogP contribution in [0.25, 0.3) is 5.52 Å². The highest BCUT2D eigenvalue weighted by Crippen LogP contribution is 2.43. The first-order chi connectivity index (χ1) is 17.9. The van der Waals surface area contributed by atoms with Crippen LogP contribution in [-0.4, -0.2) is 106 Å². The second kappa shape index (κ2) is 11.7. The van der Waals surface area contributed by atoms with E-state index >= 15 is 0 Å². The third kappa shape index (κ3) is 6.06. The first kappa shape index (κ1) is 27.1. The van der Waals surface area contributed by atoms with Crippen molar-refractivity contribution in [2.24, 2.45) is 5.92 Å². The summed E-state index contributed by atoms with van der Waals surface area (Å²) in [5.74, 6) is -1.37. The fraction of sp³-hybridized carbons (Fsp3) is 0.704. The summed E-state index contributed by atoms with van der Waals surface area (Å²) >= 11 is 1.59. The van der Waals surface area contributed by atoms with Gasteiger partial charge < -0.3 is 19.3 Å². The molecular formula is C27H41N5O4S. The van der Waals surface area contributed by atoms with E-state index in [-0.39, 0.29) is 24.2 Å². The summed E-state index contributed by atoms with van der Waals surface area (Å²) in [4.78, 5) is 9.51. The van der Waals surface area contributed by atoms with Gasteiger partial charge in [-0.2, -0.15) is 5.10 Å². The summed E-state index contributed by atoms with van der Waals surface area (Å²) in [6.45, 7) is 14.3. The van der Waals surface area contributed by atoms with Crippen molar-refractivity contribution in [2.75, 3.05) is 52.2 Å². The molecule has 0 amide bonds. The molecule has 5 rings (SSSR count).